The molecule has 1 aromatic rings. The molecule has 1 unspecified atom stereocenters. The van der Waals surface area contributed by atoms with Crippen LogP contribution in [0.3, 0.4) is 0 Å². The number of hydrogen-bond acceptors (Lipinski definition) is 2. The lowest BCUT2D eigenvalue weighted by Crippen LogP contribution is -2.45. The summed E-state index contributed by atoms with van der Waals surface area (Å²) in [5.74, 6) is 0. The van der Waals surface area contributed by atoms with Gasteiger partial charge in [0.05, 0.1) is 0 Å². The summed E-state index contributed by atoms with van der Waals surface area (Å²) in [6.45, 7) is 6.32. The first-order chi connectivity index (χ1) is 9.19. The number of halogens is 2. The van der Waals surface area contributed by atoms with Crippen LogP contribution in [0.25, 0.3) is 0 Å². The van der Waals surface area contributed by atoms with Crippen LogP contribution in [-0.2, 0) is 6.54 Å². The number of nitrogens with zero attached hydrogens (tertiary/aromatic N) is 1. The molecule has 1 aromatic carbocycles. The fourth-order valence-corrected chi connectivity index (χ4v) is 2.55. The van der Waals surface area contributed by atoms with Crippen molar-refractivity contribution in [2.45, 2.75) is 38.8 Å². The Morgan fingerprint density at radius 3 is 2.68 bits per heavy atom. The summed E-state index contributed by atoms with van der Waals surface area (Å²) >= 11 is 0. The highest BCUT2D eigenvalue weighted by Gasteiger charge is 2.17. The molecule has 19 heavy (non-hydrogen) atoms. The van der Waals surface area contributed by atoms with E-state index in [0.717, 1.165) is 25.2 Å². The lowest BCUT2D eigenvalue weighted by molar-refractivity contribution is 0.151. The highest BCUT2D eigenvalue weighted by molar-refractivity contribution is 5.23. The summed E-state index contributed by atoms with van der Waals surface area (Å²) in [5, 5.41) is 3.52. The fraction of sp³-hybridized carbons (Fsp3) is 0.600. The smallest absolute Gasteiger partial charge is 0.263 e. The van der Waals surface area contributed by atoms with Crippen LogP contribution >= 0.6 is 0 Å². The number of alkyl halides is 2. The summed E-state index contributed by atoms with van der Waals surface area (Å²) < 4.78 is 24.9. The van der Waals surface area contributed by atoms with Crippen molar-refractivity contribution in [1.29, 1.82) is 0 Å². The van der Waals surface area contributed by atoms with Gasteiger partial charge in [0.25, 0.3) is 6.43 Å². The van der Waals surface area contributed by atoms with Crippen molar-refractivity contribution >= 4 is 0 Å². The first-order valence-corrected chi connectivity index (χ1v) is 7.01. The zero-order valence-corrected chi connectivity index (χ0v) is 11.4. The van der Waals surface area contributed by atoms with Gasteiger partial charge in [-0.3, -0.25) is 0 Å². The van der Waals surface area contributed by atoms with Gasteiger partial charge in [-0.2, -0.15) is 0 Å². The van der Waals surface area contributed by atoms with E-state index in [4.69, 9.17) is 0 Å². The van der Waals surface area contributed by atoms with Gasteiger partial charge in [-0.05, 0) is 31.5 Å². The van der Waals surface area contributed by atoms with Crippen LogP contribution in [0.5, 0.6) is 0 Å². The average molecular weight is 268 g/mol. The molecule has 0 spiro atoms. The van der Waals surface area contributed by atoms with E-state index in [1.54, 1.807) is 12.1 Å². The third-order valence-corrected chi connectivity index (χ3v) is 3.78. The third-order valence-electron chi connectivity index (χ3n) is 3.78. The van der Waals surface area contributed by atoms with E-state index < -0.39 is 6.43 Å². The largest absolute Gasteiger partial charge is 0.309 e. The van der Waals surface area contributed by atoms with Crippen molar-refractivity contribution in [2.75, 3.05) is 19.6 Å². The minimum Gasteiger partial charge on any atom is -0.309 e. The van der Waals surface area contributed by atoms with Gasteiger partial charge >= 0.3 is 0 Å². The van der Waals surface area contributed by atoms with Gasteiger partial charge in [-0.1, -0.05) is 31.2 Å². The van der Waals surface area contributed by atoms with Gasteiger partial charge in [0, 0.05) is 24.7 Å². The SMILES string of the molecule is CCN1CCCC(NCc2ccc(C(F)F)cc2)C1. The fourth-order valence-electron chi connectivity index (χ4n) is 2.55. The van der Waals surface area contributed by atoms with Gasteiger partial charge in [-0.15, -0.1) is 0 Å². The standard InChI is InChI=1S/C15H22F2N2/c1-2-19-9-3-4-14(11-19)18-10-12-5-7-13(8-6-12)15(16)17/h5-8,14-15,18H,2-4,9-11H2,1H3. The molecule has 1 fully saturated rings. The van der Waals surface area contributed by atoms with Crippen molar-refractivity contribution in [2.24, 2.45) is 0 Å². The molecule has 2 rings (SSSR count). The monoisotopic (exact) mass is 268 g/mol. The van der Waals surface area contributed by atoms with E-state index in [2.05, 4.69) is 17.1 Å². The molecular formula is C15H22F2N2. The quantitative estimate of drug-likeness (QED) is 0.882. The maximum atomic E-state index is 12.4. The summed E-state index contributed by atoms with van der Waals surface area (Å²) in [4.78, 5) is 2.45. The van der Waals surface area contributed by atoms with Crippen molar-refractivity contribution in [3.8, 4) is 0 Å². The van der Waals surface area contributed by atoms with Gasteiger partial charge in [0.15, 0.2) is 0 Å². The second-order valence-electron chi connectivity index (χ2n) is 5.16. The topological polar surface area (TPSA) is 15.3 Å². The highest BCUT2D eigenvalue weighted by Crippen LogP contribution is 2.18. The Labute approximate surface area is 113 Å². The zero-order valence-electron chi connectivity index (χ0n) is 11.4. The lowest BCUT2D eigenvalue weighted by atomic mass is 10.1. The minimum absolute atomic E-state index is 0.0959. The van der Waals surface area contributed by atoms with Crippen LogP contribution in [0.4, 0.5) is 8.78 Å². The predicted molar refractivity (Wildman–Crippen MR) is 73.4 cm³/mol. The number of hydrogen-bond donors (Lipinski definition) is 1. The molecular weight excluding hydrogens is 246 g/mol. The highest BCUT2D eigenvalue weighted by atomic mass is 19.3. The Morgan fingerprint density at radius 1 is 1.32 bits per heavy atom. The van der Waals surface area contributed by atoms with Gasteiger partial charge < -0.3 is 10.2 Å². The second kappa shape index (κ2) is 6.96. The van der Waals surface area contributed by atoms with Crippen LogP contribution in [0.1, 0.15) is 37.3 Å². The third kappa shape index (κ3) is 4.25. The van der Waals surface area contributed by atoms with Crippen molar-refractivity contribution < 1.29 is 8.78 Å². The van der Waals surface area contributed by atoms with E-state index >= 15 is 0 Å². The Balaban J connectivity index is 1.81. The molecule has 1 N–H and O–H groups in total. The summed E-state index contributed by atoms with van der Waals surface area (Å²) in [7, 11) is 0. The number of nitrogens with one attached hydrogen (secondary N) is 1. The van der Waals surface area contributed by atoms with Gasteiger partial charge in [0.1, 0.15) is 0 Å². The molecule has 1 aliphatic rings. The van der Waals surface area contributed by atoms with Crippen LogP contribution in [0, 0.1) is 0 Å². The molecule has 0 radical (unpaired) electrons. The molecule has 1 aliphatic heterocycles. The van der Waals surface area contributed by atoms with Crippen LogP contribution < -0.4 is 5.32 Å². The lowest BCUT2D eigenvalue weighted by Gasteiger charge is -2.32. The van der Waals surface area contributed by atoms with E-state index in [-0.39, 0.29) is 5.56 Å². The van der Waals surface area contributed by atoms with Crippen molar-refractivity contribution in [3.63, 3.8) is 0 Å². The Hall–Kier alpha value is -1.00. The van der Waals surface area contributed by atoms with E-state index in [0.29, 0.717) is 6.04 Å². The second-order valence-corrected chi connectivity index (χ2v) is 5.16. The first-order valence-electron chi connectivity index (χ1n) is 7.01. The Kier molecular flexibility index (Phi) is 5.28. The number of benzene rings is 1. The molecule has 0 aromatic heterocycles. The normalized spacial score (nSPS) is 20.9. The van der Waals surface area contributed by atoms with Crippen LogP contribution in [0.2, 0.25) is 0 Å². The van der Waals surface area contributed by atoms with Gasteiger partial charge in [-0.25, -0.2) is 8.78 Å². The van der Waals surface area contributed by atoms with E-state index in [1.165, 1.54) is 31.5 Å². The molecule has 0 bridgehead atoms. The molecule has 1 atom stereocenters. The molecule has 0 amide bonds. The summed E-state index contributed by atoms with van der Waals surface area (Å²) in [6.07, 6.45) is 0.0556. The van der Waals surface area contributed by atoms with Crippen LogP contribution in [0.15, 0.2) is 24.3 Å². The molecule has 4 heteroatoms. The molecule has 2 nitrogen and oxygen atoms in total. The summed E-state index contributed by atoms with van der Waals surface area (Å²) in [5.41, 5.74) is 1.16. The average Bonchev–Trinajstić information content (AvgIpc) is 2.46. The Morgan fingerprint density at radius 2 is 2.05 bits per heavy atom. The molecule has 1 saturated heterocycles. The predicted octanol–water partition coefficient (Wildman–Crippen LogP) is 3.20. The Bertz CT molecular complexity index is 378. The molecule has 1 heterocycles. The van der Waals surface area contributed by atoms with Gasteiger partial charge in [0.2, 0.25) is 0 Å². The van der Waals surface area contributed by atoms with Crippen molar-refractivity contribution in [3.05, 3.63) is 35.4 Å². The molecule has 106 valence electrons. The van der Waals surface area contributed by atoms with E-state index in [1.807, 2.05) is 0 Å². The van der Waals surface area contributed by atoms with E-state index in [9.17, 15) is 8.78 Å². The first kappa shape index (κ1) is 14.4. The number of likely N-dealkylation sites (N-methyl/N-ethyl adjacent to an activating group) is 1. The van der Waals surface area contributed by atoms with Crippen molar-refractivity contribution in [1.82, 2.24) is 10.2 Å². The number of likely N-dealkylation sites (tertiary alicyclic amines) is 1. The molecule has 0 saturated carbocycles. The number of piperidine rings is 1. The maximum Gasteiger partial charge on any atom is 0.263 e. The maximum absolute atomic E-state index is 12.4. The summed E-state index contributed by atoms with van der Waals surface area (Å²) in [6, 6.07) is 7.12. The van der Waals surface area contributed by atoms with Crippen LogP contribution in [-0.4, -0.2) is 30.6 Å². The number of rotatable bonds is 5. The molecule has 0 aliphatic carbocycles. The minimum atomic E-state index is -2.38. The zero-order chi connectivity index (χ0) is 13.7.